The lowest BCUT2D eigenvalue weighted by Crippen LogP contribution is -2.32. The first-order valence-corrected chi connectivity index (χ1v) is 4.00. The van der Waals surface area contributed by atoms with Crippen LogP contribution in [0.3, 0.4) is 0 Å². The molecule has 0 aromatic carbocycles. The molecule has 0 aliphatic heterocycles. The van der Waals surface area contributed by atoms with E-state index in [1.807, 2.05) is 0 Å². The number of carboxylic acid groups (broad SMARTS) is 1. The molecule has 3 N–H and O–H groups in total. The van der Waals surface area contributed by atoms with Crippen LogP contribution in [0.1, 0.15) is 12.8 Å². The number of ketones is 1. The summed E-state index contributed by atoms with van der Waals surface area (Å²) >= 11 is 0. The van der Waals surface area contributed by atoms with Crippen molar-refractivity contribution in [1.82, 2.24) is 0 Å². The molecule has 2 unspecified atom stereocenters. The van der Waals surface area contributed by atoms with Gasteiger partial charge in [-0.25, -0.2) is 0 Å². The zero-order chi connectivity index (χ0) is 11.1. The summed E-state index contributed by atoms with van der Waals surface area (Å²) in [4.78, 5) is 31.3. The predicted octanol–water partition coefficient (Wildman–Crippen LogP) is -1.41. The Balaban J connectivity index is 4.44. The van der Waals surface area contributed by atoms with Gasteiger partial charge in [-0.1, -0.05) is 0 Å². The SMILES string of the molecule is O=CCC(O)C(CC(=O)O)C(=O)CO. The molecule has 0 aliphatic carbocycles. The second-order valence-corrected chi connectivity index (χ2v) is 2.80. The minimum atomic E-state index is -1.34. The summed E-state index contributed by atoms with van der Waals surface area (Å²) in [6, 6.07) is 0. The first-order valence-electron chi connectivity index (χ1n) is 4.00. The molecule has 0 aliphatic rings. The third kappa shape index (κ3) is 4.11. The van der Waals surface area contributed by atoms with E-state index in [4.69, 9.17) is 10.2 Å². The molecule has 80 valence electrons. The van der Waals surface area contributed by atoms with Crippen molar-refractivity contribution in [2.75, 3.05) is 6.61 Å². The highest BCUT2D eigenvalue weighted by molar-refractivity contribution is 5.86. The number of aliphatic hydroxyl groups excluding tert-OH is 2. The Morgan fingerprint density at radius 3 is 2.29 bits per heavy atom. The Hall–Kier alpha value is -1.27. The molecule has 0 saturated heterocycles. The lowest BCUT2D eigenvalue weighted by atomic mass is 9.92. The number of hydrogen-bond acceptors (Lipinski definition) is 5. The topological polar surface area (TPSA) is 112 Å². The summed E-state index contributed by atoms with van der Waals surface area (Å²) in [6.07, 6.45) is -1.86. The normalized spacial score (nSPS) is 14.4. The Bertz CT molecular complexity index is 224. The van der Waals surface area contributed by atoms with E-state index in [9.17, 15) is 19.5 Å². The van der Waals surface area contributed by atoms with Crippen molar-refractivity contribution in [2.45, 2.75) is 18.9 Å². The van der Waals surface area contributed by atoms with Gasteiger partial charge in [0.2, 0.25) is 0 Å². The number of aliphatic hydroxyl groups is 2. The van der Waals surface area contributed by atoms with Crippen molar-refractivity contribution in [3.63, 3.8) is 0 Å². The average molecular weight is 204 g/mol. The number of aliphatic carboxylic acids is 1. The summed E-state index contributed by atoms with van der Waals surface area (Å²) in [5, 5.41) is 26.1. The highest BCUT2D eigenvalue weighted by atomic mass is 16.4. The van der Waals surface area contributed by atoms with Gasteiger partial charge in [-0.15, -0.1) is 0 Å². The minimum absolute atomic E-state index is 0.316. The van der Waals surface area contributed by atoms with Crippen LogP contribution >= 0.6 is 0 Å². The number of carboxylic acids is 1. The van der Waals surface area contributed by atoms with Crippen LogP contribution < -0.4 is 0 Å². The third-order valence-electron chi connectivity index (χ3n) is 1.77. The number of aldehydes is 1. The zero-order valence-electron chi connectivity index (χ0n) is 7.42. The van der Waals surface area contributed by atoms with E-state index in [0.717, 1.165) is 0 Å². The second kappa shape index (κ2) is 6.22. The van der Waals surface area contributed by atoms with Gasteiger partial charge in [0.25, 0.3) is 0 Å². The summed E-state index contributed by atoms with van der Waals surface area (Å²) < 4.78 is 0. The van der Waals surface area contributed by atoms with Crippen LogP contribution in [0.15, 0.2) is 0 Å². The summed E-state index contributed by atoms with van der Waals surface area (Å²) in [5.41, 5.74) is 0. The third-order valence-corrected chi connectivity index (χ3v) is 1.77. The Morgan fingerprint density at radius 2 is 1.93 bits per heavy atom. The fourth-order valence-corrected chi connectivity index (χ4v) is 1.03. The fourth-order valence-electron chi connectivity index (χ4n) is 1.03. The van der Waals surface area contributed by atoms with Crippen molar-refractivity contribution in [2.24, 2.45) is 5.92 Å². The first-order chi connectivity index (χ1) is 6.52. The molecule has 14 heavy (non-hydrogen) atoms. The molecule has 0 radical (unpaired) electrons. The van der Waals surface area contributed by atoms with E-state index in [0.29, 0.717) is 6.29 Å². The van der Waals surface area contributed by atoms with Gasteiger partial charge in [0.05, 0.1) is 18.4 Å². The van der Waals surface area contributed by atoms with E-state index in [1.165, 1.54) is 0 Å². The fraction of sp³-hybridized carbons (Fsp3) is 0.625. The van der Waals surface area contributed by atoms with Crippen molar-refractivity contribution in [3.8, 4) is 0 Å². The maximum Gasteiger partial charge on any atom is 0.304 e. The van der Waals surface area contributed by atoms with Crippen LogP contribution in [0.4, 0.5) is 0 Å². The van der Waals surface area contributed by atoms with Gasteiger partial charge in [-0.05, 0) is 0 Å². The molecular formula is C8H12O6. The maximum atomic E-state index is 11.0. The lowest BCUT2D eigenvalue weighted by molar-refractivity contribution is -0.144. The number of carbonyl (C=O) groups excluding carboxylic acids is 2. The van der Waals surface area contributed by atoms with Crippen LogP contribution in [-0.2, 0) is 14.4 Å². The molecular weight excluding hydrogens is 192 g/mol. The summed E-state index contributed by atoms with van der Waals surface area (Å²) in [5.74, 6) is -3.26. The Labute approximate surface area is 80.2 Å². The Morgan fingerprint density at radius 1 is 1.36 bits per heavy atom. The zero-order valence-corrected chi connectivity index (χ0v) is 7.42. The molecule has 2 atom stereocenters. The highest BCUT2D eigenvalue weighted by Crippen LogP contribution is 2.12. The molecule has 0 bridgehead atoms. The monoisotopic (exact) mass is 204 g/mol. The van der Waals surface area contributed by atoms with Gasteiger partial charge in [0.15, 0.2) is 5.78 Å². The molecule has 6 nitrogen and oxygen atoms in total. The van der Waals surface area contributed by atoms with Crippen molar-refractivity contribution in [3.05, 3.63) is 0 Å². The van der Waals surface area contributed by atoms with Gasteiger partial charge < -0.3 is 20.1 Å². The predicted molar refractivity (Wildman–Crippen MR) is 44.5 cm³/mol. The first kappa shape index (κ1) is 12.7. The van der Waals surface area contributed by atoms with Crippen LogP contribution in [0.25, 0.3) is 0 Å². The van der Waals surface area contributed by atoms with Gasteiger partial charge >= 0.3 is 5.97 Å². The van der Waals surface area contributed by atoms with Crippen molar-refractivity contribution >= 4 is 18.0 Å². The molecule has 0 aromatic heterocycles. The quantitative estimate of drug-likeness (QED) is 0.439. The largest absolute Gasteiger partial charge is 0.481 e. The van der Waals surface area contributed by atoms with Crippen LogP contribution in [0.5, 0.6) is 0 Å². The van der Waals surface area contributed by atoms with Crippen LogP contribution in [0.2, 0.25) is 0 Å². The molecule has 0 fully saturated rings. The van der Waals surface area contributed by atoms with E-state index in [1.54, 1.807) is 0 Å². The van der Waals surface area contributed by atoms with Crippen molar-refractivity contribution in [1.29, 1.82) is 0 Å². The van der Waals surface area contributed by atoms with E-state index in [-0.39, 0.29) is 6.42 Å². The summed E-state index contributed by atoms with van der Waals surface area (Å²) in [7, 11) is 0. The lowest BCUT2D eigenvalue weighted by Gasteiger charge is -2.16. The summed E-state index contributed by atoms with van der Waals surface area (Å²) in [6.45, 7) is -0.839. The van der Waals surface area contributed by atoms with Gasteiger partial charge in [0, 0.05) is 6.42 Å². The van der Waals surface area contributed by atoms with Crippen LogP contribution in [0, 0.1) is 5.92 Å². The molecule has 0 rings (SSSR count). The smallest absolute Gasteiger partial charge is 0.304 e. The number of carbonyl (C=O) groups is 3. The molecule has 0 spiro atoms. The number of rotatable bonds is 7. The average Bonchev–Trinajstić information content (AvgIpc) is 2.13. The maximum absolute atomic E-state index is 11.0. The molecule has 0 amide bonds. The van der Waals surface area contributed by atoms with Crippen molar-refractivity contribution < 1.29 is 29.7 Å². The standard InChI is InChI=1S/C8H12O6/c9-2-1-6(11)5(3-8(13)14)7(12)4-10/h2,5-6,10-11H,1,3-4H2,(H,13,14). The van der Waals surface area contributed by atoms with E-state index < -0.39 is 36.8 Å². The van der Waals surface area contributed by atoms with E-state index >= 15 is 0 Å². The van der Waals surface area contributed by atoms with Gasteiger partial charge in [-0.2, -0.15) is 0 Å². The Kier molecular flexibility index (Phi) is 5.66. The highest BCUT2D eigenvalue weighted by Gasteiger charge is 2.28. The number of hydrogen-bond donors (Lipinski definition) is 3. The molecule has 6 heteroatoms. The molecule has 0 saturated carbocycles. The van der Waals surface area contributed by atoms with E-state index in [2.05, 4.69) is 0 Å². The molecule has 0 heterocycles. The minimum Gasteiger partial charge on any atom is -0.481 e. The molecule has 0 aromatic rings. The van der Waals surface area contributed by atoms with Gasteiger partial charge in [-0.3, -0.25) is 9.59 Å². The van der Waals surface area contributed by atoms with Crippen LogP contribution in [-0.4, -0.2) is 46.1 Å². The second-order valence-electron chi connectivity index (χ2n) is 2.80. The number of Topliss-reactive ketones (excluding diaryl/α,β-unsaturated/α-hetero) is 1. The van der Waals surface area contributed by atoms with Gasteiger partial charge in [0.1, 0.15) is 12.9 Å².